The third kappa shape index (κ3) is 6.50. The van der Waals surface area contributed by atoms with Gasteiger partial charge in [-0.1, -0.05) is 31.2 Å². The number of halogens is 1. The second-order valence-corrected chi connectivity index (χ2v) is 11.2. The maximum absolute atomic E-state index is 13.4. The van der Waals surface area contributed by atoms with Crippen molar-refractivity contribution < 1.29 is 19.0 Å². The molecule has 224 valence electrons. The zero-order valence-electron chi connectivity index (χ0n) is 25.2. The molecule has 7 nitrogen and oxygen atoms in total. The number of ether oxygens (including phenoxy) is 2. The minimum atomic E-state index is -0.218. The summed E-state index contributed by atoms with van der Waals surface area (Å²) in [6, 6.07) is 18.8. The van der Waals surface area contributed by atoms with E-state index in [1.165, 1.54) is 17.8 Å². The highest BCUT2D eigenvalue weighted by molar-refractivity contribution is 5.98. The first-order chi connectivity index (χ1) is 20.4. The molecule has 8 heteroatoms. The van der Waals surface area contributed by atoms with Gasteiger partial charge < -0.3 is 33.8 Å². The summed E-state index contributed by atoms with van der Waals surface area (Å²) in [6.07, 6.45) is 3.83. The lowest BCUT2D eigenvalue weighted by atomic mass is 10.0. The Labute approximate surface area is 248 Å². The number of benzene rings is 3. The van der Waals surface area contributed by atoms with Gasteiger partial charge in [-0.15, -0.1) is 0 Å². The molecule has 1 aromatic heterocycles. The van der Waals surface area contributed by atoms with Crippen LogP contribution in [0.15, 0.2) is 66.9 Å². The molecule has 1 fully saturated rings. The molecule has 0 unspecified atom stereocenters. The molecule has 0 amide bonds. The monoisotopic (exact) mass is 574 g/mol. The van der Waals surface area contributed by atoms with Crippen molar-refractivity contribution in [3.63, 3.8) is 0 Å². The quantitative estimate of drug-likeness (QED) is 0.219. The largest absolute Gasteiger partial charge is 0.494 e. The minimum Gasteiger partial charge on any atom is -0.494 e. The number of hydrogen-bond donors (Lipinski definition) is 1. The predicted molar refractivity (Wildman–Crippen MR) is 168 cm³/mol. The van der Waals surface area contributed by atoms with Crippen molar-refractivity contribution >= 4 is 16.5 Å². The van der Waals surface area contributed by atoms with Gasteiger partial charge in [0, 0.05) is 55.4 Å². The first-order valence-electron chi connectivity index (χ1n) is 14.9. The predicted octanol–water partition coefficient (Wildman–Crippen LogP) is 6.15. The fourth-order valence-electron chi connectivity index (χ4n) is 6.10. The van der Waals surface area contributed by atoms with E-state index in [-0.39, 0.29) is 17.7 Å². The average molecular weight is 575 g/mol. The van der Waals surface area contributed by atoms with Crippen LogP contribution in [0.25, 0.3) is 10.8 Å². The number of anilines is 1. The van der Waals surface area contributed by atoms with E-state index in [1.807, 2.05) is 41.0 Å². The highest BCUT2D eigenvalue weighted by atomic mass is 19.1. The van der Waals surface area contributed by atoms with Crippen molar-refractivity contribution in [2.75, 3.05) is 65.4 Å². The number of hydrogen-bond acceptors (Lipinski definition) is 6. The normalized spacial score (nSPS) is 15.0. The van der Waals surface area contributed by atoms with Gasteiger partial charge in [0.05, 0.1) is 20.3 Å². The third-order valence-electron chi connectivity index (χ3n) is 8.51. The molecule has 42 heavy (non-hydrogen) atoms. The van der Waals surface area contributed by atoms with Gasteiger partial charge in [-0.3, -0.25) is 0 Å². The lowest BCUT2D eigenvalue weighted by molar-refractivity contribution is 0.271. The van der Waals surface area contributed by atoms with E-state index in [4.69, 9.17) is 9.47 Å². The first-order valence-corrected chi connectivity index (χ1v) is 14.9. The van der Waals surface area contributed by atoms with E-state index in [1.54, 1.807) is 14.2 Å². The van der Waals surface area contributed by atoms with Gasteiger partial charge in [0.2, 0.25) is 0 Å². The van der Waals surface area contributed by atoms with E-state index in [0.29, 0.717) is 11.5 Å². The Hall–Kier alpha value is -3.75. The van der Waals surface area contributed by atoms with E-state index in [0.717, 1.165) is 80.6 Å². The summed E-state index contributed by atoms with van der Waals surface area (Å²) in [5.74, 6) is 1.40. The molecule has 2 heterocycles. The first kappa shape index (κ1) is 29.7. The van der Waals surface area contributed by atoms with Crippen LogP contribution >= 0.6 is 0 Å². The second kappa shape index (κ2) is 13.5. The molecule has 0 saturated carbocycles. The van der Waals surface area contributed by atoms with Crippen LogP contribution in [0.2, 0.25) is 0 Å². The number of aromatic hydroxyl groups is 1. The van der Waals surface area contributed by atoms with Crippen LogP contribution in [-0.4, -0.2) is 80.0 Å². The molecule has 1 aliphatic heterocycles. The van der Waals surface area contributed by atoms with Crippen LogP contribution in [0, 0.1) is 5.82 Å². The molecule has 0 spiro atoms. The van der Waals surface area contributed by atoms with Crippen LogP contribution in [0.1, 0.15) is 36.9 Å². The number of fused-ring (bicyclic) bond motifs is 1. The average Bonchev–Trinajstić information content (AvgIpc) is 3.36. The topological polar surface area (TPSA) is 53.3 Å². The number of aromatic nitrogens is 1. The summed E-state index contributed by atoms with van der Waals surface area (Å²) in [7, 11) is 5.37. The summed E-state index contributed by atoms with van der Waals surface area (Å²) >= 11 is 0. The third-order valence-corrected chi connectivity index (χ3v) is 8.51. The summed E-state index contributed by atoms with van der Waals surface area (Å²) < 4.78 is 26.5. The highest BCUT2D eigenvalue weighted by Crippen LogP contribution is 2.40. The number of methoxy groups -OCH3 is 2. The van der Waals surface area contributed by atoms with E-state index in [2.05, 4.69) is 47.0 Å². The fraction of sp³-hybridized carbons (Fsp3) is 0.412. The van der Waals surface area contributed by atoms with Crippen molar-refractivity contribution in [3.05, 3.63) is 83.8 Å². The molecule has 0 radical (unpaired) electrons. The van der Waals surface area contributed by atoms with Gasteiger partial charge in [-0.25, -0.2) is 4.39 Å². The Morgan fingerprint density at radius 3 is 2.36 bits per heavy atom. The zero-order valence-corrected chi connectivity index (χ0v) is 25.2. The molecule has 1 N–H and O–H groups in total. The molecule has 5 rings (SSSR count). The van der Waals surface area contributed by atoms with Gasteiger partial charge in [-0.2, -0.15) is 0 Å². The van der Waals surface area contributed by atoms with Gasteiger partial charge in [0.1, 0.15) is 5.82 Å². The smallest absolute Gasteiger partial charge is 0.199 e. The number of likely N-dealkylation sites (N-methyl/N-ethyl adjacent to an activating group) is 1. The Morgan fingerprint density at radius 2 is 1.67 bits per heavy atom. The maximum atomic E-state index is 13.4. The molecule has 3 aromatic carbocycles. The number of nitrogens with zero attached hydrogens (tertiary/aromatic N) is 4. The molecule has 1 aliphatic rings. The van der Waals surface area contributed by atoms with E-state index in [9.17, 15) is 9.50 Å². The van der Waals surface area contributed by atoms with Gasteiger partial charge in [0.15, 0.2) is 17.4 Å². The van der Waals surface area contributed by atoms with E-state index < -0.39 is 0 Å². The van der Waals surface area contributed by atoms with Crippen molar-refractivity contribution in [1.29, 1.82) is 0 Å². The number of rotatable bonds is 12. The van der Waals surface area contributed by atoms with Crippen molar-refractivity contribution in [2.24, 2.45) is 0 Å². The summed E-state index contributed by atoms with van der Waals surface area (Å²) in [5, 5.41) is 13.5. The lowest BCUT2D eigenvalue weighted by Crippen LogP contribution is -2.46. The summed E-state index contributed by atoms with van der Waals surface area (Å²) in [5.41, 5.74) is 3.29. The van der Waals surface area contributed by atoms with Crippen LogP contribution in [0.3, 0.4) is 0 Å². The summed E-state index contributed by atoms with van der Waals surface area (Å²) in [6.45, 7) is 8.91. The Morgan fingerprint density at radius 1 is 0.929 bits per heavy atom. The van der Waals surface area contributed by atoms with Crippen molar-refractivity contribution in [1.82, 2.24) is 14.4 Å². The van der Waals surface area contributed by atoms with Crippen LogP contribution in [-0.2, 0) is 6.54 Å². The van der Waals surface area contributed by atoms with Gasteiger partial charge >= 0.3 is 0 Å². The Bertz CT molecular complexity index is 1460. The Kier molecular flexibility index (Phi) is 9.55. The van der Waals surface area contributed by atoms with Crippen molar-refractivity contribution in [3.8, 4) is 17.4 Å². The maximum Gasteiger partial charge on any atom is 0.199 e. The standard InChI is InChI=1S/C34H43FN4O3/c1-5-37-18-20-38(21-19-37)31-9-6-8-28-29(31)24-39(34(28)40)30(26-13-16-32(41-3)33(22-26)42-4)10-7-17-36(2)23-25-11-14-27(35)15-12-25/h6,8-9,11-16,22,24,30,40H,5,7,10,17-21,23H2,1-4H3/t30-/m1/s1. The molecular weight excluding hydrogens is 531 g/mol. The molecule has 0 aliphatic carbocycles. The molecular formula is C34H43FN4O3. The van der Waals surface area contributed by atoms with Gasteiger partial charge in [-0.05, 0) is 80.5 Å². The van der Waals surface area contributed by atoms with Crippen LogP contribution < -0.4 is 14.4 Å². The van der Waals surface area contributed by atoms with Crippen LogP contribution in [0.5, 0.6) is 17.4 Å². The Balaban J connectivity index is 1.43. The molecule has 4 aromatic rings. The SMILES string of the molecule is CCN1CCN(c2cccc3c(O)n([C@H](CCCN(C)Cc4ccc(F)cc4)c4ccc(OC)c(OC)c4)cc23)CC1. The second-order valence-electron chi connectivity index (χ2n) is 11.2. The molecule has 1 atom stereocenters. The fourth-order valence-corrected chi connectivity index (χ4v) is 6.10. The lowest BCUT2D eigenvalue weighted by Gasteiger charge is -2.35. The molecule has 1 saturated heterocycles. The van der Waals surface area contributed by atoms with Gasteiger partial charge in [0.25, 0.3) is 0 Å². The highest BCUT2D eigenvalue weighted by Gasteiger charge is 2.24. The zero-order chi connectivity index (χ0) is 29.6. The van der Waals surface area contributed by atoms with E-state index >= 15 is 0 Å². The summed E-state index contributed by atoms with van der Waals surface area (Å²) in [4.78, 5) is 7.16. The van der Waals surface area contributed by atoms with Crippen LogP contribution in [0.4, 0.5) is 10.1 Å². The van der Waals surface area contributed by atoms with Crippen molar-refractivity contribution in [2.45, 2.75) is 32.4 Å². The molecule has 0 bridgehead atoms. The number of piperazine rings is 1. The minimum absolute atomic E-state index is 0.110.